The van der Waals surface area contributed by atoms with Crippen molar-refractivity contribution in [1.82, 2.24) is 5.32 Å². The average Bonchev–Trinajstić information content (AvgIpc) is 2.56. The molecule has 0 aliphatic rings. The van der Waals surface area contributed by atoms with Gasteiger partial charge in [0.15, 0.2) is 0 Å². The summed E-state index contributed by atoms with van der Waals surface area (Å²) in [6, 6.07) is 9.63. The minimum absolute atomic E-state index is 0. The topological polar surface area (TPSA) is 133 Å². The van der Waals surface area contributed by atoms with E-state index < -0.39 is 24.0 Å². The number of nitrogens with one attached hydrogen (secondary N) is 1. The lowest BCUT2D eigenvalue weighted by atomic mass is 10.0. The lowest BCUT2D eigenvalue weighted by Crippen LogP contribution is -2.46. The molecule has 0 radical (unpaired) electrons. The first kappa shape index (κ1) is 20.3. The summed E-state index contributed by atoms with van der Waals surface area (Å²) in [5, 5.41) is 30.2. The van der Waals surface area contributed by atoms with E-state index in [0.717, 1.165) is 0 Å². The van der Waals surface area contributed by atoms with Crippen LogP contribution in [-0.2, 0) is 16.0 Å². The molecule has 0 aliphatic heterocycles. The molecule has 6 N–H and O–H groups in total. The molecule has 0 aliphatic carbocycles. The highest BCUT2D eigenvalue weighted by Gasteiger charge is 2.24. The summed E-state index contributed by atoms with van der Waals surface area (Å²) in [4.78, 5) is 23.6. The van der Waals surface area contributed by atoms with Crippen LogP contribution in [0.2, 0.25) is 0 Å². The highest BCUT2D eigenvalue weighted by atomic mass is 35.5. The maximum absolute atomic E-state index is 12.2. The third-order valence-electron chi connectivity index (χ3n) is 3.53. The molecule has 2 atom stereocenters. The Balaban J connectivity index is 0.00000312. The van der Waals surface area contributed by atoms with Crippen LogP contribution in [0.3, 0.4) is 0 Å². The summed E-state index contributed by atoms with van der Waals surface area (Å²) in [6.07, 6.45) is 0.0592. The molecule has 0 saturated carbocycles. The van der Waals surface area contributed by atoms with E-state index in [4.69, 9.17) is 5.73 Å². The average molecular weight is 367 g/mol. The monoisotopic (exact) mass is 366 g/mol. The fourth-order valence-electron chi connectivity index (χ4n) is 2.16. The van der Waals surface area contributed by atoms with Crippen LogP contribution in [0.25, 0.3) is 0 Å². The van der Waals surface area contributed by atoms with E-state index in [1.807, 2.05) is 0 Å². The molecule has 0 spiro atoms. The van der Waals surface area contributed by atoms with Crippen LogP contribution in [0.15, 0.2) is 48.5 Å². The van der Waals surface area contributed by atoms with E-state index in [-0.39, 0.29) is 30.3 Å². The normalized spacial score (nSPS) is 12.5. The van der Waals surface area contributed by atoms with Gasteiger partial charge in [-0.15, -0.1) is 12.4 Å². The molecule has 8 heteroatoms. The lowest BCUT2D eigenvalue weighted by molar-refractivity contribution is -0.142. The molecule has 0 fully saturated rings. The maximum atomic E-state index is 12.2. The number of hydrogen-bond donors (Lipinski definition) is 5. The van der Waals surface area contributed by atoms with Gasteiger partial charge in [-0.3, -0.25) is 4.79 Å². The zero-order valence-corrected chi connectivity index (χ0v) is 13.9. The Kier molecular flexibility index (Phi) is 7.22. The number of halogens is 1. The van der Waals surface area contributed by atoms with Crippen molar-refractivity contribution in [3.05, 3.63) is 59.7 Å². The molecular weight excluding hydrogens is 348 g/mol. The van der Waals surface area contributed by atoms with Crippen molar-refractivity contribution in [3.8, 4) is 11.5 Å². The Bertz CT molecular complexity index is 719. The molecule has 0 heterocycles. The van der Waals surface area contributed by atoms with E-state index in [1.54, 1.807) is 12.1 Å². The van der Waals surface area contributed by atoms with Gasteiger partial charge in [0.2, 0.25) is 5.91 Å². The number of rotatable bonds is 6. The molecular formula is C17H19ClN2O5. The predicted octanol–water partition coefficient (Wildman–Crippen LogP) is 1.33. The molecule has 7 nitrogen and oxygen atoms in total. The number of nitrogens with two attached hydrogens (primary N) is 1. The zero-order chi connectivity index (χ0) is 17.7. The highest BCUT2D eigenvalue weighted by Crippen LogP contribution is 2.16. The fourth-order valence-corrected chi connectivity index (χ4v) is 2.16. The van der Waals surface area contributed by atoms with Crippen LogP contribution in [0.1, 0.15) is 17.2 Å². The second kappa shape index (κ2) is 8.91. The van der Waals surface area contributed by atoms with Gasteiger partial charge in [0.05, 0.1) is 0 Å². The van der Waals surface area contributed by atoms with Crippen LogP contribution in [0.4, 0.5) is 0 Å². The number of carbonyl (C=O) groups is 2. The van der Waals surface area contributed by atoms with E-state index in [0.29, 0.717) is 11.1 Å². The Morgan fingerprint density at radius 3 is 1.92 bits per heavy atom. The number of carbonyl (C=O) groups excluding carboxylic acids is 1. The molecule has 2 aromatic rings. The van der Waals surface area contributed by atoms with Crippen molar-refractivity contribution in [3.63, 3.8) is 0 Å². The van der Waals surface area contributed by atoms with Crippen molar-refractivity contribution >= 4 is 24.3 Å². The minimum Gasteiger partial charge on any atom is -0.508 e. The smallest absolute Gasteiger partial charge is 0.326 e. The first-order valence-corrected chi connectivity index (χ1v) is 7.22. The summed E-state index contributed by atoms with van der Waals surface area (Å²) in [6.45, 7) is 0. The number of aromatic hydroxyl groups is 2. The van der Waals surface area contributed by atoms with Crippen LogP contribution in [-0.4, -0.2) is 33.2 Å². The quantitative estimate of drug-likeness (QED) is 0.524. The Hall–Kier alpha value is -2.77. The summed E-state index contributed by atoms with van der Waals surface area (Å²) in [5.74, 6) is -1.70. The molecule has 0 saturated heterocycles. The predicted molar refractivity (Wildman–Crippen MR) is 93.7 cm³/mol. The first-order valence-electron chi connectivity index (χ1n) is 7.22. The van der Waals surface area contributed by atoms with Crippen LogP contribution >= 0.6 is 12.4 Å². The van der Waals surface area contributed by atoms with E-state index in [1.165, 1.54) is 36.4 Å². The molecule has 134 valence electrons. The van der Waals surface area contributed by atoms with Crippen LogP contribution in [0.5, 0.6) is 11.5 Å². The summed E-state index contributed by atoms with van der Waals surface area (Å²) < 4.78 is 0. The molecule has 2 aromatic carbocycles. The number of amides is 1. The number of phenolic OH excluding ortho intramolecular Hbond substituents is 2. The maximum Gasteiger partial charge on any atom is 0.326 e. The van der Waals surface area contributed by atoms with Gasteiger partial charge in [-0.05, 0) is 35.4 Å². The largest absolute Gasteiger partial charge is 0.508 e. The van der Waals surface area contributed by atoms with Gasteiger partial charge < -0.3 is 26.4 Å². The molecule has 1 amide bonds. The SMILES string of the molecule is Cl.NC(C(=O)N[C@@H](Cc1ccc(O)cc1)C(=O)O)c1ccc(O)cc1. The van der Waals surface area contributed by atoms with Crippen LogP contribution < -0.4 is 11.1 Å². The van der Waals surface area contributed by atoms with Gasteiger partial charge >= 0.3 is 5.97 Å². The van der Waals surface area contributed by atoms with Gasteiger partial charge in [0, 0.05) is 6.42 Å². The first-order chi connectivity index (χ1) is 11.4. The van der Waals surface area contributed by atoms with Gasteiger partial charge in [-0.25, -0.2) is 4.79 Å². The van der Waals surface area contributed by atoms with Gasteiger partial charge in [-0.2, -0.15) is 0 Å². The molecule has 0 bridgehead atoms. The van der Waals surface area contributed by atoms with Gasteiger partial charge in [-0.1, -0.05) is 24.3 Å². The Labute approximate surface area is 150 Å². The number of carboxylic acids is 1. The second-order valence-electron chi connectivity index (χ2n) is 5.34. The van der Waals surface area contributed by atoms with Crippen molar-refractivity contribution in [2.24, 2.45) is 5.73 Å². The van der Waals surface area contributed by atoms with Crippen LogP contribution in [0, 0.1) is 0 Å². The number of hydrogen-bond acceptors (Lipinski definition) is 5. The second-order valence-corrected chi connectivity index (χ2v) is 5.34. The molecule has 1 unspecified atom stereocenters. The lowest BCUT2D eigenvalue weighted by Gasteiger charge is -2.18. The molecule has 2 rings (SSSR count). The van der Waals surface area contributed by atoms with Crippen molar-refractivity contribution in [2.75, 3.05) is 0 Å². The Morgan fingerprint density at radius 1 is 0.960 bits per heavy atom. The van der Waals surface area contributed by atoms with Crippen molar-refractivity contribution in [2.45, 2.75) is 18.5 Å². The fraction of sp³-hybridized carbons (Fsp3) is 0.176. The molecule has 25 heavy (non-hydrogen) atoms. The number of benzene rings is 2. The van der Waals surface area contributed by atoms with Crippen molar-refractivity contribution < 1.29 is 24.9 Å². The standard InChI is InChI=1S/C17H18N2O5.ClH/c18-15(11-3-7-13(21)8-4-11)16(22)19-14(17(23)24)9-10-1-5-12(20)6-2-10;/h1-8,14-15,20-21H,9,18H2,(H,19,22)(H,23,24);1H/t14-,15?;/m0./s1. The van der Waals surface area contributed by atoms with E-state index in [9.17, 15) is 24.9 Å². The van der Waals surface area contributed by atoms with E-state index >= 15 is 0 Å². The van der Waals surface area contributed by atoms with Gasteiger partial charge in [0.25, 0.3) is 0 Å². The highest BCUT2D eigenvalue weighted by molar-refractivity contribution is 5.87. The van der Waals surface area contributed by atoms with Gasteiger partial charge in [0.1, 0.15) is 23.6 Å². The Morgan fingerprint density at radius 2 is 1.44 bits per heavy atom. The van der Waals surface area contributed by atoms with Crippen molar-refractivity contribution in [1.29, 1.82) is 0 Å². The molecule has 0 aromatic heterocycles. The summed E-state index contributed by atoms with van der Waals surface area (Å²) >= 11 is 0. The zero-order valence-electron chi connectivity index (χ0n) is 13.1. The summed E-state index contributed by atoms with van der Waals surface area (Å²) in [7, 11) is 0. The van der Waals surface area contributed by atoms with E-state index in [2.05, 4.69) is 5.32 Å². The minimum atomic E-state index is -1.19. The number of aliphatic carboxylic acids is 1. The number of carboxylic acid groups (broad SMARTS) is 1. The third kappa shape index (κ3) is 5.66. The number of phenols is 2. The summed E-state index contributed by atoms with van der Waals surface area (Å²) in [5.41, 5.74) is 6.94. The third-order valence-corrected chi connectivity index (χ3v) is 3.53.